The first kappa shape index (κ1) is 18.5. The summed E-state index contributed by atoms with van der Waals surface area (Å²) in [6.45, 7) is 0.669. The zero-order valence-corrected chi connectivity index (χ0v) is 14.9. The number of nitriles is 1. The second kappa shape index (κ2) is 8.43. The van der Waals surface area contributed by atoms with Crippen LogP contribution in [0.1, 0.15) is 18.5 Å². The number of rotatable bonds is 8. The van der Waals surface area contributed by atoms with Crippen molar-refractivity contribution in [3.63, 3.8) is 0 Å². The highest BCUT2D eigenvalue weighted by Crippen LogP contribution is 2.46. The molecule has 0 bridgehead atoms. The summed E-state index contributed by atoms with van der Waals surface area (Å²) in [6, 6.07) is 14.2. The Bertz CT molecular complexity index is 848. The number of hydrazone groups is 1. The third kappa shape index (κ3) is 4.68. The Labute approximate surface area is 158 Å². The standard InChI is InChI=1S/C20H22N6O/c21-14-20(7-8-20)19-6-3-16(11-25-19)15-1-4-17(5-2-15)24-13-18(27)12-23-9-10-26-22/h1-6,9-11,18,24,27H,7-8,12-13,22H2/t18-/m0/s1. The quantitative estimate of drug-likeness (QED) is 0.377. The van der Waals surface area contributed by atoms with E-state index in [1.807, 2.05) is 42.6 Å². The molecule has 1 aromatic heterocycles. The smallest absolute Gasteiger partial charge is 0.0994 e. The molecule has 0 spiro atoms. The Kier molecular flexibility index (Phi) is 5.79. The SMILES string of the molecule is N#CC1(c2ccc(-c3ccc(NC[C@@H](O)CN=CC=NN)cc3)cn2)CC1. The number of hydrogen-bond donors (Lipinski definition) is 3. The minimum Gasteiger partial charge on any atom is -0.389 e. The Balaban J connectivity index is 1.55. The monoisotopic (exact) mass is 362 g/mol. The number of nitrogens with one attached hydrogen (secondary N) is 1. The molecule has 4 N–H and O–H groups in total. The Morgan fingerprint density at radius 3 is 2.56 bits per heavy atom. The fourth-order valence-corrected chi connectivity index (χ4v) is 2.75. The summed E-state index contributed by atoms with van der Waals surface area (Å²) in [5, 5.41) is 25.6. The first-order valence-electron chi connectivity index (χ1n) is 8.79. The fraction of sp³-hybridized carbons (Fsp3) is 0.300. The van der Waals surface area contributed by atoms with Gasteiger partial charge in [-0.25, -0.2) is 0 Å². The number of hydrogen-bond acceptors (Lipinski definition) is 7. The number of nitrogens with two attached hydrogens (primary N) is 1. The summed E-state index contributed by atoms with van der Waals surface area (Å²) in [4.78, 5) is 8.47. The first-order chi connectivity index (χ1) is 13.2. The van der Waals surface area contributed by atoms with Crippen LogP contribution in [0.5, 0.6) is 0 Å². The second-order valence-corrected chi connectivity index (χ2v) is 6.55. The van der Waals surface area contributed by atoms with Crippen molar-refractivity contribution in [2.24, 2.45) is 15.9 Å². The van der Waals surface area contributed by atoms with E-state index in [0.717, 1.165) is 35.3 Å². The van der Waals surface area contributed by atoms with Crippen LogP contribution in [0.15, 0.2) is 52.7 Å². The number of pyridine rings is 1. The van der Waals surface area contributed by atoms with E-state index in [4.69, 9.17) is 5.84 Å². The van der Waals surface area contributed by atoms with Crippen LogP contribution in [0.4, 0.5) is 5.69 Å². The molecule has 1 atom stereocenters. The van der Waals surface area contributed by atoms with Crippen LogP contribution in [-0.4, -0.2) is 41.7 Å². The van der Waals surface area contributed by atoms with Gasteiger partial charge in [-0.1, -0.05) is 18.2 Å². The molecule has 1 aliphatic carbocycles. The zero-order chi connectivity index (χ0) is 19.1. The number of aliphatic hydroxyl groups is 1. The minimum atomic E-state index is -0.598. The molecule has 1 fully saturated rings. The van der Waals surface area contributed by atoms with Crippen LogP contribution < -0.4 is 11.2 Å². The van der Waals surface area contributed by atoms with Crippen molar-refractivity contribution >= 4 is 18.1 Å². The van der Waals surface area contributed by atoms with Crippen LogP contribution >= 0.6 is 0 Å². The molecule has 1 heterocycles. The Morgan fingerprint density at radius 1 is 1.22 bits per heavy atom. The highest BCUT2D eigenvalue weighted by atomic mass is 16.3. The van der Waals surface area contributed by atoms with Crippen molar-refractivity contribution in [3.8, 4) is 17.2 Å². The summed E-state index contributed by atoms with van der Waals surface area (Å²) >= 11 is 0. The summed E-state index contributed by atoms with van der Waals surface area (Å²) in [5.74, 6) is 4.96. The maximum Gasteiger partial charge on any atom is 0.0994 e. The molecule has 3 rings (SSSR count). The Morgan fingerprint density at radius 2 is 1.96 bits per heavy atom. The highest BCUT2D eigenvalue weighted by Gasteiger charge is 2.46. The Hall–Kier alpha value is -3.24. The van der Waals surface area contributed by atoms with E-state index in [-0.39, 0.29) is 12.0 Å². The van der Waals surface area contributed by atoms with E-state index < -0.39 is 6.10 Å². The topological polar surface area (TPSA) is 120 Å². The maximum absolute atomic E-state index is 9.88. The van der Waals surface area contributed by atoms with Crippen LogP contribution in [-0.2, 0) is 5.41 Å². The number of aromatic nitrogens is 1. The maximum atomic E-state index is 9.88. The predicted octanol–water partition coefficient (Wildman–Crippen LogP) is 2.09. The van der Waals surface area contributed by atoms with E-state index in [9.17, 15) is 10.4 Å². The lowest BCUT2D eigenvalue weighted by Crippen LogP contribution is -2.22. The van der Waals surface area contributed by atoms with Gasteiger partial charge in [-0.15, -0.1) is 0 Å². The summed E-state index contributed by atoms with van der Waals surface area (Å²) in [7, 11) is 0. The van der Waals surface area contributed by atoms with Gasteiger partial charge in [0.25, 0.3) is 0 Å². The third-order valence-electron chi connectivity index (χ3n) is 4.55. The first-order valence-corrected chi connectivity index (χ1v) is 8.79. The highest BCUT2D eigenvalue weighted by molar-refractivity contribution is 6.15. The molecule has 1 aromatic carbocycles. The molecular formula is C20H22N6O. The number of anilines is 1. The van der Waals surface area contributed by atoms with E-state index in [2.05, 4.69) is 26.5 Å². The largest absolute Gasteiger partial charge is 0.389 e. The van der Waals surface area contributed by atoms with Gasteiger partial charge in [0.1, 0.15) is 0 Å². The van der Waals surface area contributed by atoms with E-state index >= 15 is 0 Å². The van der Waals surface area contributed by atoms with Gasteiger partial charge in [-0.05, 0) is 36.6 Å². The van der Waals surface area contributed by atoms with Gasteiger partial charge in [0.2, 0.25) is 0 Å². The molecule has 1 saturated carbocycles. The third-order valence-corrected chi connectivity index (χ3v) is 4.55. The van der Waals surface area contributed by atoms with Gasteiger partial charge in [0.05, 0.1) is 36.0 Å². The molecule has 27 heavy (non-hydrogen) atoms. The van der Waals surface area contributed by atoms with Crippen LogP contribution in [0.3, 0.4) is 0 Å². The molecule has 138 valence electrons. The molecular weight excluding hydrogens is 340 g/mol. The van der Waals surface area contributed by atoms with Gasteiger partial charge in [0.15, 0.2) is 0 Å². The van der Waals surface area contributed by atoms with E-state index in [0.29, 0.717) is 6.54 Å². The summed E-state index contributed by atoms with van der Waals surface area (Å²) < 4.78 is 0. The van der Waals surface area contributed by atoms with Crippen molar-refractivity contribution in [1.29, 1.82) is 5.26 Å². The normalized spacial score (nSPS) is 16.3. The van der Waals surface area contributed by atoms with Crippen LogP contribution in [0.25, 0.3) is 11.1 Å². The molecule has 2 aromatic rings. The average Bonchev–Trinajstić information content (AvgIpc) is 3.52. The van der Waals surface area contributed by atoms with E-state index in [1.165, 1.54) is 12.4 Å². The number of aliphatic imine (C=N–C) groups is 1. The lowest BCUT2D eigenvalue weighted by atomic mass is 10.0. The van der Waals surface area contributed by atoms with Crippen LogP contribution in [0.2, 0.25) is 0 Å². The lowest BCUT2D eigenvalue weighted by Gasteiger charge is -2.11. The van der Waals surface area contributed by atoms with Gasteiger partial charge < -0.3 is 16.3 Å². The molecule has 0 amide bonds. The zero-order valence-electron chi connectivity index (χ0n) is 14.9. The fourth-order valence-electron chi connectivity index (χ4n) is 2.75. The lowest BCUT2D eigenvalue weighted by molar-refractivity contribution is 0.197. The molecule has 0 radical (unpaired) electrons. The molecule has 0 unspecified atom stereocenters. The average molecular weight is 362 g/mol. The van der Waals surface area contributed by atoms with Crippen molar-refractivity contribution < 1.29 is 5.11 Å². The van der Waals surface area contributed by atoms with Crippen molar-refractivity contribution in [3.05, 3.63) is 48.3 Å². The minimum absolute atomic E-state index is 0.277. The van der Waals surface area contributed by atoms with Gasteiger partial charge >= 0.3 is 0 Å². The molecule has 0 saturated heterocycles. The van der Waals surface area contributed by atoms with Gasteiger partial charge in [-0.2, -0.15) is 10.4 Å². The molecule has 7 nitrogen and oxygen atoms in total. The second-order valence-electron chi connectivity index (χ2n) is 6.55. The van der Waals surface area contributed by atoms with Crippen molar-refractivity contribution in [2.75, 3.05) is 18.4 Å². The van der Waals surface area contributed by atoms with Gasteiger partial charge in [0, 0.05) is 30.2 Å². The number of nitrogens with zero attached hydrogens (tertiary/aromatic N) is 4. The molecule has 0 aliphatic heterocycles. The number of benzene rings is 1. The van der Waals surface area contributed by atoms with Crippen molar-refractivity contribution in [2.45, 2.75) is 24.4 Å². The van der Waals surface area contributed by atoms with Crippen molar-refractivity contribution in [1.82, 2.24) is 4.98 Å². The number of aliphatic hydroxyl groups excluding tert-OH is 1. The van der Waals surface area contributed by atoms with E-state index in [1.54, 1.807) is 0 Å². The van der Waals surface area contributed by atoms with Gasteiger partial charge in [-0.3, -0.25) is 9.98 Å². The predicted molar refractivity (Wildman–Crippen MR) is 107 cm³/mol. The molecule has 1 aliphatic rings. The molecule has 7 heteroatoms. The summed E-state index contributed by atoms with van der Waals surface area (Å²) in [5.41, 5.74) is 3.48. The summed E-state index contributed by atoms with van der Waals surface area (Å²) in [6.07, 6.45) is 5.84. The van der Waals surface area contributed by atoms with Crippen LogP contribution in [0, 0.1) is 11.3 Å².